The molecule has 0 spiro atoms. The molecular weight excluding hydrogens is 486 g/mol. The maximum absolute atomic E-state index is 2.47. The van der Waals surface area contributed by atoms with Crippen LogP contribution >= 0.6 is 0 Å². The van der Waals surface area contributed by atoms with Crippen molar-refractivity contribution in [3.63, 3.8) is 0 Å². The van der Waals surface area contributed by atoms with Gasteiger partial charge in [-0.15, -0.1) is 34.5 Å². The van der Waals surface area contributed by atoms with E-state index in [4.69, 9.17) is 0 Å². The zero-order chi connectivity index (χ0) is 18.1. The summed E-state index contributed by atoms with van der Waals surface area (Å²) >= 11 is 0. The Morgan fingerprint density at radius 1 is 0.700 bits per heavy atom. The molecule has 0 N–H and O–H groups in total. The van der Waals surface area contributed by atoms with Gasteiger partial charge in [-0.1, -0.05) is 92.6 Å². The van der Waals surface area contributed by atoms with Crippen LogP contribution in [0.25, 0.3) is 32.7 Å². The van der Waals surface area contributed by atoms with Crippen LogP contribution in [-0.2, 0) is 32.6 Å². The molecule has 1 fully saturated rings. The Hall–Kier alpha value is -1.01. The van der Waals surface area contributed by atoms with E-state index in [1.807, 2.05) is 0 Å². The van der Waals surface area contributed by atoms with Gasteiger partial charge in [0.1, 0.15) is 0 Å². The molecule has 0 atom stereocenters. The third kappa shape index (κ3) is 5.24. The van der Waals surface area contributed by atoms with Crippen molar-refractivity contribution in [1.29, 1.82) is 0 Å². The molecule has 0 nitrogen and oxygen atoms in total. The van der Waals surface area contributed by atoms with Crippen molar-refractivity contribution in [2.45, 2.75) is 44.9 Å². The summed E-state index contributed by atoms with van der Waals surface area (Å²) in [7, 11) is 0. The van der Waals surface area contributed by atoms with Crippen LogP contribution in [0, 0.1) is 5.92 Å². The second kappa shape index (κ2) is 11.6. The minimum Gasteiger partial charge on any atom is -1.00 e. The van der Waals surface area contributed by atoms with Crippen LogP contribution in [0.15, 0.2) is 72.8 Å². The number of rotatable bonds is 3. The van der Waals surface area contributed by atoms with Gasteiger partial charge in [-0.25, -0.2) is 0 Å². The summed E-state index contributed by atoms with van der Waals surface area (Å²) < 4.78 is 0. The van der Waals surface area contributed by atoms with Crippen molar-refractivity contribution in [1.82, 2.24) is 0 Å². The normalized spacial score (nSPS) is 14.4. The zero-order valence-corrected chi connectivity index (χ0v) is 21.2. The van der Waals surface area contributed by atoms with Crippen molar-refractivity contribution in [2.24, 2.45) is 5.92 Å². The van der Waals surface area contributed by atoms with Crippen molar-refractivity contribution in [3.8, 4) is 11.1 Å². The van der Waals surface area contributed by atoms with Gasteiger partial charge in [-0.3, -0.25) is 0 Å². The van der Waals surface area contributed by atoms with Crippen LogP contribution in [0.2, 0.25) is 0 Å². The molecule has 1 aliphatic carbocycles. The van der Waals surface area contributed by atoms with Gasteiger partial charge in [0.25, 0.3) is 0 Å². The summed E-state index contributed by atoms with van der Waals surface area (Å²) in [4.78, 5) is 0. The average Bonchev–Trinajstić information content (AvgIpc) is 2.94. The topological polar surface area (TPSA) is 0 Å². The van der Waals surface area contributed by atoms with Crippen molar-refractivity contribution < 1.29 is 51.0 Å². The van der Waals surface area contributed by atoms with Crippen molar-refractivity contribution in [3.05, 3.63) is 78.4 Å². The van der Waals surface area contributed by atoms with Gasteiger partial charge in [0, 0.05) is 0 Å². The summed E-state index contributed by atoms with van der Waals surface area (Å²) in [6.07, 6.45) is 9.80. The predicted molar refractivity (Wildman–Crippen MR) is 117 cm³/mol. The predicted octanol–water partition coefficient (Wildman–Crippen LogP) is 1.90. The molecular formula is C27H27Cl2Zr. The molecule has 0 unspecified atom stereocenters. The number of hydrogen-bond donors (Lipinski definition) is 0. The van der Waals surface area contributed by atoms with Gasteiger partial charge >= 0.3 is 26.2 Å². The maximum Gasteiger partial charge on any atom is 3.00 e. The fourth-order valence-electron chi connectivity index (χ4n) is 5.01. The molecule has 1 aliphatic rings. The van der Waals surface area contributed by atoms with E-state index in [-0.39, 0.29) is 51.0 Å². The molecule has 4 aromatic carbocycles. The van der Waals surface area contributed by atoms with Crippen molar-refractivity contribution >= 4 is 21.5 Å². The molecule has 0 aromatic heterocycles. The van der Waals surface area contributed by atoms with E-state index in [1.165, 1.54) is 83.2 Å². The first-order chi connectivity index (χ1) is 13.4. The van der Waals surface area contributed by atoms with Gasteiger partial charge < -0.3 is 24.8 Å². The summed E-state index contributed by atoms with van der Waals surface area (Å²) in [5, 5.41) is 5.47. The third-order valence-electron chi connectivity index (χ3n) is 6.39. The second-order valence-corrected chi connectivity index (χ2v) is 8.26. The molecule has 30 heavy (non-hydrogen) atoms. The molecule has 0 saturated heterocycles. The van der Waals surface area contributed by atoms with E-state index in [0.717, 1.165) is 5.92 Å². The number of benzene rings is 3. The monoisotopic (exact) mass is 511 g/mol. The number of fused-ring (bicyclic) bond motifs is 2. The molecule has 4 aromatic rings. The second-order valence-electron chi connectivity index (χ2n) is 8.26. The molecule has 1 saturated carbocycles. The molecule has 0 heterocycles. The molecule has 0 aliphatic heterocycles. The smallest absolute Gasteiger partial charge is 1.00 e. The van der Waals surface area contributed by atoms with Gasteiger partial charge in [0.05, 0.1) is 0 Å². The number of hydrogen-bond acceptors (Lipinski definition) is 0. The van der Waals surface area contributed by atoms with Crippen LogP contribution in [-0.4, -0.2) is 0 Å². The Labute approximate surface area is 211 Å². The van der Waals surface area contributed by atoms with Crippen LogP contribution < -0.4 is 24.8 Å². The molecule has 3 heteroatoms. The summed E-state index contributed by atoms with van der Waals surface area (Å²) in [5.74, 6) is 0.880. The Morgan fingerprint density at radius 2 is 1.33 bits per heavy atom. The molecule has 5 rings (SSSR count). The average molecular weight is 514 g/mol. The molecule has 0 amide bonds. The summed E-state index contributed by atoms with van der Waals surface area (Å²) in [6, 6.07) is 27.1. The largest absolute Gasteiger partial charge is 3.00 e. The van der Waals surface area contributed by atoms with Crippen LogP contribution in [0.5, 0.6) is 0 Å². The Kier molecular flexibility index (Phi) is 9.74. The SMILES string of the molecule is [Cl-].[Cl-].[Zr+3].c1ccc2c(-c3cccc4[cH-]c(CC5CCCCCC5)cc34)cccc2c1. The van der Waals surface area contributed by atoms with Crippen LogP contribution in [0.3, 0.4) is 0 Å². The quantitative estimate of drug-likeness (QED) is 0.290. The first kappa shape index (κ1) is 25.3. The van der Waals surface area contributed by atoms with Crippen LogP contribution in [0.4, 0.5) is 0 Å². The van der Waals surface area contributed by atoms with Crippen LogP contribution in [0.1, 0.15) is 44.1 Å². The fourth-order valence-corrected chi connectivity index (χ4v) is 5.01. The minimum absolute atomic E-state index is 0. The van der Waals surface area contributed by atoms with E-state index in [1.54, 1.807) is 0 Å². The van der Waals surface area contributed by atoms with E-state index < -0.39 is 0 Å². The van der Waals surface area contributed by atoms with E-state index in [9.17, 15) is 0 Å². The van der Waals surface area contributed by atoms with Gasteiger partial charge in [-0.2, -0.15) is 6.07 Å². The summed E-state index contributed by atoms with van der Waals surface area (Å²) in [5.41, 5.74) is 4.26. The standard InChI is InChI=1S/C27H27.2ClH.Zr/c1-2-4-10-20(9-3-1)17-21-18-23-13-8-16-26(27(23)19-21)25-15-7-12-22-11-5-6-14-24(22)25;;;/h5-8,11-16,18-20H,1-4,9-10,17H2;2*1H;/q-1;;;+3/p-2. The van der Waals surface area contributed by atoms with E-state index >= 15 is 0 Å². The first-order valence-electron chi connectivity index (χ1n) is 10.5. The van der Waals surface area contributed by atoms with E-state index in [2.05, 4.69) is 72.8 Å². The van der Waals surface area contributed by atoms with Gasteiger partial charge in [0.15, 0.2) is 0 Å². The van der Waals surface area contributed by atoms with Gasteiger partial charge in [-0.05, 0) is 28.7 Å². The van der Waals surface area contributed by atoms with E-state index in [0.29, 0.717) is 0 Å². The zero-order valence-electron chi connectivity index (χ0n) is 17.2. The van der Waals surface area contributed by atoms with Crippen molar-refractivity contribution in [2.75, 3.05) is 0 Å². The maximum atomic E-state index is 2.47. The summed E-state index contributed by atoms with van der Waals surface area (Å²) in [6.45, 7) is 0. The van der Waals surface area contributed by atoms with Gasteiger partial charge in [0.2, 0.25) is 0 Å². The first-order valence-corrected chi connectivity index (χ1v) is 10.5. The third-order valence-corrected chi connectivity index (χ3v) is 6.39. The molecule has 153 valence electrons. The number of halogens is 2. The Balaban J connectivity index is 0.00000107. The Bertz CT molecular complexity index is 1070. The minimum atomic E-state index is 0. The molecule has 1 radical (unpaired) electrons. The Morgan fingerprint density at radius 3 is 2.10 bits per heavy atom. The fraction of sp³-hybridized carbons (Fsp3) is 0.296. The molecule has 0 bridgehead atoms.